The van der Waals surface area contributed by atoms with Gasteiger partial charge in [0.25, 0.3) is 10.2 Å². The Morgan fingerprint density at radius 1 is 1.08 bits per heavy atom. The second-order valence-corrected chi connectivity index (χ2v) is 14.2. The van der Waals surface area contributed by atoms with Gasteiger partial charge < -0.3 is 4.90 Å². The largest absolute Gasteiger partial charge is 0.330 e. The first-order valence-electron chi connectivity index (χ1n) is 13.0. The molecule has 0 radical (unpaired) electrons. The van der Waals surface area contributed by atoms with Crippen molar-refractivity contribution in [3.8, 4) is 0 Å². The molecule has 206 valence electrons. The van der Waals surface area contributed by atoms with Gasteiger partial charge in [0.1, 0.15) is 0 Å². The smallest absolute Gasteiger partial charge is 0.281 e. The van der Waals surface area contributed by atoms with Crippen molar-refractivity contribution in [2.45, 2.75) is 50.6 Å². The van der Waals surface area contributed by atoms with Gasteiger partial charge >= 0.3 is 0 Å². The maximum absolute atomic E-state index is 14.5. The fraction of sp³-hybridized carbons (Fsp3) is 0.483. The predicted octanol–water partition coefficient (Wildman–Crippen LogP) is 6.15. The summed E-state index contributed by atoms with van der Waals surface area (Å²) in [4.78, 5) is 16.5. The molecule has 0 N–H and O–H groups in total. The van der Waals surface area contributed by atoms with Crippen LogP contribution in [0.3, 0.4) is 0 Å². The van der Waals surface area contributed by atoms with Crippen LogP contribution in [0.4, 0.5) is 0 Å². The summed E-state index contributed by atoms with van der Waals surface area (Å²) in [6.45, 7) is 6.17. The number of piperidine rings is 1. The molecule has 2 unspecified atom stereocenters. The zero-order valence-electron chi connectivity index (χ0n) is 22.5. The van der Waals surface area contributed by atoms with Gasteiger partial charge in [-0.3, -0.25) is 4.79 Å². The van der Waals surface area contributed by atoms with Gasteiger partial charge in [0, 0.05) is 49.7 Å². The number of likely N-dealkylation sites (N-methyl/N-ethyl adjacent to an activating group) is 1. The van der Waals surface area contributed by atoms with E-state index in [4.69, 9.17) is 23.2 Å². The molecule has 1 aliphatic carbocycles. The minimum absolute atomic E-state index is 0.0307. The number of likely N-dealkylation sites (tertiary alicyclic amines) is 1. The van der Waals surface area contributed by atoms with Crippen LogP contribution in [0.15, 0.2) is 61.2 Å². The molecule has 2 aromatic rings. The summed E-state index contributed by atoms with van der Waals surface area (Å²) in [5.41, 5.74) is 1.33. The molecule has 9 heteroatoms. The Kier molecular flexibility index (Phi) is 8.65. The van der Waals surface area contributed by atoms with Crippen LogP contribution in [0.5, 0.6) is 0 Å². The van der Waals surface area contributed by atoms with Crippen molar-refractivity contribution in [2.24, 2.45) is 11.3 Å². The number of carbonyl (C=O) groups is 1. The first-order chi connectivity index (χ1) is 17.9. The fourth-order valence-electron chi connectivity index (χ4n) is 5.83. The number of amides is 1. The van der Waals surface area contributed by atoms with E-state index < -0.39 is 15.6 Å². The van der Waals surface area contributed by atoms with Crippen LogP contribution in [0.1, 0.15) is 55.7 Å². The second kappa shape index (κ2) is 11.3. The summed E-state index contributed by atoms with van der Waals surface area (Å²) in [6.07, 6.45) is 4.86. The van der Waals surface area contributed by atoms with Gasteiger partial charge in [0.2, 0.25) is 5.91 Å². The molecule has 4 rings (SSSR count). The highest BCUT2D eigenvalue weighted by molar-refractivity contribution is 7.86. The highest BCUT2D eigenvalue weighted by atomic mass is 35.5. The van der Waals surface area contributed by atoms with E-state index in [2.05, 4.69) is 12.6 Å². The molecule has 1 aliphatic heterocycles. The second-order valence-electron chi connectivity index (χ2n) is 11.1. The van der Waals surface area contributed by atoms with Gasteiger partial charge in [-0.15, -0.1) is 6.58 Å². The van der Waals surface area contributed by atoms with Crippen molar-refractivity contribution < 1.29 is 13.2 Å². The molecule has 2 aromatic carbocycles. The third-order valence-corrected chi connectivity index (χ3v) is 10.4. The van der Waals surface area contributed by atoms with Crippen molar-refractivity contribution in [1.82, 2.24) is 13.5 Å². The Balaban J connectivity index is 1.89. The molecule has 4 atom stereocenters. The number of hydrogen-bond donors (Lipinski definition) is 0. The van der Waals surface area contributed by atoms with Crippen molar-refractivity contribution in [3.05, 3.63) is 82.4 Å². The first kappa shape index (κ1) is 29.1. The molecular weight excluding hydrogens is 541 g/mol. The van der Waals surface area contributed by atoms with E-state index in [9.17, 15) is 13.2 Å². The van der Waals surface area contributed by atoms with E-state index in [0.717, 1.165) is 24.0 Å². The fourth-order valence-corrected chi connectivity index (χ4v) is 7.06. The van der Waals surface area contributed by atoms with Gasteiger partial charge in [-0.1, -0.05) is 60.5 Å². The van der Waals surface area contributed by atoms with Gasteiger partial charge in [-0.05, 0) is 67.0 Å². The van der Waals surface area contributed by atoms with Crippen molar-refractivity contribution in [3.63, 3.8) is 0 Å². The van der Waals surface area contributed by atoms with Crippen LogP contribution in [0.25, 0.3) is 0 Å². The number of halogens is 2. The van der Waals surface area contributed by atoms with Crippen LogP contribution in [0.2, 0.25) is 10.0 Å². The third kappa shape index (κ3) is 5.82. The van der Waals surface area contributed by atoms with Gasteiger partial charge in [0.15, 0.2) is 0 Å². The maximum atomic E-state index is 14.5. The monoisotopic (exact) mass is 577 g/mol. The molecule has 2 aliphatic rings. The normalized spacial score (nSPS) is 25.2. The van der Waals surface area contributed by atoms with Crippen LogP contribution in [0, 0.1) is 11.3 Å². The van der Waals surface area contributed by atoms with Gasteiger partial charge in [-0.2, -0.15) is 17.0 Å². The molecule has 1 heterocycles. The number of rotatable bonds is 10. The molecule has 1 saturated heterocycles. The lowest BCUT2D eigenvalue weighted by Gasteiger charge is -2.52. The Morgan fingerprint density at radius 2 is 1.74 bits per heavy atom. The highest BCUT2D eigenvalue weighted by Crippen LogP contribution is 2.54. The van der Waals surface area contributed by atoms with Crippen LogP contribution in [-0.4, -0.2) is 61.6 Å². The molecule has 0 aromatic heterocycles. The summed E-state index contributed by atoms with van der Waals surface area (Å²) < 4.78 is 28.6. The topological polar surface area (TPSA) is 60.9 Å². The van der Waals surface area contributed by atoms with Crippen molar-refractivity contribution in [2.75, 3.05) is 27.7 Å². The number of nitrogens with zero attached hydrogens (tertiary/aromatic N) is 3. The SMILES string of the molecule is C=CC[C@@]1(C)CC(c2cccc(Cl)c2)[C@@H](c2ccc(Cl)cc2)N(C(CN(C)S(=O)(=O)N(C)C)C2CC2)C1=O. The molecule has 1 amide bonds. The van der Waals surface area contributed by atoms with Crippen molar-refractivity contribution in [1.29, 1.82) is 0 Å². The number of benzene rings is 2. The van der Waals surface area contributed by atoms with E-state index >= 15 is 0 Å². The van der Waals surface area contributed by atoms with E-state index in [0.29, 0.717) is 22.9 Å². The summed E-state index contributed by atoms with van der Waals surface area (Å²) in [7, 11) is 0.986. The Bertz CT molecular complexity index is 1280. The van der Waals surface area contributed by atoms with Crippen LogP contribution >= 0.6 is 23.2 Å². The Hall–Kier alpha value is -1.90. The molecular formula is C29H37Cl2N3O3S. The average molecular weight is 579 g/mol. The van der Waals surface area contributed by atoms with Crippen LogP contribution in [-0.2, 0) is 15.0 Å². The van der Waals surface area contributed by atoms with E-state index in [-0.39, 0.29) is 36.4 Å². The lowest BCUT2D eigenvalue weighted by Crippen LogP contribution is -2.59. The molecule has 38 heavy (non-hydrogen) atoms. The third-order valence-electron chi connectivity index (χ3n) is 8.01. The minimum Gasteiger partial charge on any atom is -0.330 e. The Labute approximate surface area is 237 Å². The standard InChI is InChI=1S/C29H37Cl2N3O3S/c1-6-16-29(2)18-25(22-8-7-9-24(31)17-22)27(21-12-14-23(30)15-13-21)34(28(29)35)26(20-10-11-20)19-33(5)38(36,37)32(3)4/h6-9,12-15,17,20,25-27H,1,10-11,16,18-19H2,2-5H3/t25?,26?,27-,29+/m1/s1. The Morgan fingerprint density at radius 3 is 2.29 bits per heavy atom. The summed E-state index contributed by atoms with van der Waals surface area (Å²) in [5, 5.41) is 1.26. The first-order valence-corrected chi connectivity index (χ1v) is 15.1. The van der Waals surface area contributed by atoms with E-state index in [1.54, 1.807) is 7.05 Å². The van der Waals surface area contributed by atoms with Gasteiger partial charge in [0.05, 0.1) is 11.5 Å². The molecule has 0 spiro atoms. The summed E-state index contributed by atoms with van der Waals surface area (Å²) in [6, 6.07) is 14.9. The quantitative estimate of drug-likeness (QED) is 0.318. The number of allylic oxidation sites excluding steroid dienone is 1. The lowest BCUT2D eigenvalue weighted by atomic mass is 9.67. The minimum atomic E-state index is -3.65. The summed E-state index contributed by atoms with van der Waals surface area (Å²) >= 11 is 12.7. The van der Waals surface area contributed by atoms with Gasteiger partial charge in [-0.25, -0.2) is 0 Å². The summed E-state index contributed by atoms with van der Waals surface area (Å²) in [5.74, 6) is 0.192. The highest BCUT2D eigenvalue weighted by Gasteiger charge is 2.53. The van der Waals surface area contributed by atoms with Crippen molar-refractivity contribution >= 4 is 39.3 Å². The number of carbonyl (C=O) groups excluding carboxylic acids is 1. The number of hydrogen-bond acceptors (Lipinski definition) is 3. The zero-order chi connectivity index (χ0) is 27.8. The van der Waals surface area contributed by atoms with E-state index in [1.807, 2.05) is 60.4 Å². The van der Waals surface area contributed by atoms with E-state index in [1.165, 1.54) is 22.7 Å². The molecule has 6 nitrogen and oxygen atoms in total. The predicted molar refractivity (Wildman–Crippen MR) is 155 cm³/mol. The zero-order valence-corrected chi connectivity index (χ0v) is 24.8. The maximum Gasteiger partial charge on any atom is 0.281 e. The lowest BCUT2D eigenvalue weighted by molar-refractivity contribution is -0.155. The van der Waals surface area contributed by atoms with Crippen LogP contribution < -0.4 is 0 Å². The average Bonchev–Trinajstić information content (AvgIpc) is 3.70. The molecule has 1 saturated carbocycles. The molecule has 2 fully saturated rings. The molecule has 0 bridgehead atoms.